The molecule has 1 aromatic carbocycles. The number of ether oxygens (including phenoxy) is 2. The van der Waals surface area contributed by atoms with Crippen molar-refractivity contribution >= 4 is 15.7 Å². The zero-order valence-electron chi connectivity index (χ0n) is 10.7. The maximum atomic E-state index is 12.1. The molecular weight excluding hydrogens is 282 g/mol. The van der Waals surface area contributed by atoms with Crippen LogP contribution in [0.4, 0.5) is 5.82 Å². The molecule has 2 heterocycles. The van der Waals surface area contributed by atoms with Gasteiger partial charge in [0.15, 0.2) is 21.3 Å². The molecule has 0 unspecified atom stereocenters. The SMILES string of the molecule is CS(=O)(=O)c1c(-c2cn[nH]c2N)ccc2c1OCCO2. The highest BCUT2D eigenvalue weighted by Gasteiger charge is 2.27. The third-order valence-electron chi connectivity index (χ3n) is 2.99. The summed E-state index contributed by atoms with van der Waals surface area (Å²) in [5.74, 6) is 0.950. The van der Waals surface area contributed by atoms with Crippen molar-refractivity contribution in [2.75, 3.05) is 25.2 Å². The van der Waals surface area contributed by atoms with Crippen LogP contribution in [0.25, 0.3) is 11.1 Å². The second kappa shape index (κ2) is 4.41. The summed E-state index contributed by atoms with van der Waals surface area (Å²) in [6, 6.07) is 3.32. The molecule has 7 nitrogen and oxygen atoms in total. The molecule has 1 aromatic heterocycles. The van der Waals surface area contributed by atoms with Gasteiger partial charge >= 0.3 is 0 Å². The molecule has 0 fully saturated rings. The van der Waals surface area contributed by atoms with Crippen LogP contribution >= 0.6 is 0 Å². The molecule has 0 atom stereocenters. The fourth-order valence-electron chi connectivity index (χ4n) is 2.18. The first kappa shape index (κ1) is 12.8. The van der Waals surface area contributed by atoms with E-state index in [0.717, 1.165) is 6.26 Å². The molecule has 20 heavy (non-hydrogen) atoms. The molecule has 1 aliphatic heterocycles. The number of aromatic nitrogens is 2. The highest BCUT2D eigenvalue weighted by molar-refractivity contribution is 7.91. The zero-order valence-corrected chi connectivity index (χ0v) is 11.5. The van der Waals surface area contributed by atoms with Crippen LogP contribution in [-0.2, 0) is 9.84 Å². The molecule has 0 spiro atoms. The van der Waals surface area contributed by atoms with E-state index in [9.17, 15) is 8.42 Å². The normalized spacial score (nSPS) is 14.2. The largest absolute Gasteiger partial charge is 0.486 e. The van der Waals surface area contributed by atoms with Gasteiger partial charge in [0.05, 0.1) is 6.20 Å². The maximum Gasteiger partial charge on any atom is 0.180 e. The van der Waals surface area contributed by atoms with E-state index in [1.165, 1.54) is 6.20 Å². The standard InChI is InChI=1S/C12H13N3O4S/c1-20(16,17)11-7(8-6-14-15-12(8)13)2-3-9-10(11)19-5-4-18-9/h2-3,6H,4-5H2,1H3,(H3,13,14,15). The highest BCUT2D eigenvalue weighted by Crippen LogP contribution is 2.43. The van der Waals surface area contributed by atoms with Crippen LogP contribution in [0, 0.1) is 0 Å². The van der Waals surface area contributed by atoms with Crippen molar-refractivity contribution in [3.63, 3.8) is 0 Å². The van der Waals surface area contributed by atoms with E-state index >= 15 is 0 Å². The lowest BCUT2D eigenvalue weighted by atomic mass is 10.1. The number of rotatable bonds is 2. The number of aromatic amines is 1. The fourth-order valence-corrected chi connectivity index (χ4v) is 3.26. The number of hydrogen-bond acceptors (Lipinski definition) is 6. The Bertz CT molecular complexity index is 767. The number of anilines is 1. The quantitative estimate of drug-likeness (QED) is 0.850. The van der Waals surface area contributed by atoms with E-state index in [1.807, 2.05) is 0 Å². The number of sulfone groups is 1. The van der Waals surface area contributed by atoms with Crippen LogP contribution < -0.4 is 15.2 Å². The van der Waals surface area contributed by atoms with Crippen LogP contribution in [0.1, 0.15) is 0 Å². The molecule has 2 aromatic rings. The minimum atomic E-state index is -3.52. The van der Waals surface area contributed by atoms with Crippen molar-refractivity contribution < 1.29 is 17.9 Å². The Kier molecular flexibility index (Phi) is 2.82. The summed E-state index contributed by atoms with van der Waals surface area (Å²) in [4.78, 5) is 0.0720. The zero-order chi connectivity index (χ0) is 14.3. The van der Waals surface area contributed by atoms with Crippen LogP contribution in [0.15, 0.2) is 23.2 Å². The number of hydrogen-bond donors (Lipinski definition) is 2. The van der Waals surface area contributed by atoms with Gasteiger partial charge in [-0.3, -0.25) is 5.10 Å². The first-order valence-corrected chi connectivity index (χ1v) is 7.79. The van der Waals surface area contributed by atoms with E-state index in [2.05, 4.69) is 10.2 Å². The highest BCUT2D eigenvalue weighted by atomic mass is 32.2. The molecule has 1 aliphatic rings. The summed E-state index contributed by atoms with van der Waals surface area (Å²) < 4.78 is 35.2. The predicted octanol–water partition coefficient (Wildman–Crippen LogP) is 0.834. The van der Waals surface area contributed by atoms with Crippen molar-refractivity contribution in [2.24, 2.45) is 0 Å². The lowest BCUT2D eigenvalue weighted by Gasteiger charge is -2.22. The molecular formula is C12H13N3O4S. The summed E-state index contributed by atoms with van der Waals surface area (Å²) in [6.45, 7) is 0.698. The van der Waals surface area contributed by atoms with Gasteiger partial charge < -0.3 is 15.2 Å². The number of benzene rings is 1. The third-order valence-corrected chi connectivity index (χ3v) is 4.14. The third kappa shape index (κ3) is 1.97. The van der Waals surface area contributed by atoms with E-state index in [0.29, 0.717) is 35.9 Å². The Hall–Kier alpha value is -2.22. The van der Waals surface area contributed by atoms with Crippen molar-refractivity contribution in [2.45, 2.75) is 4.90 Å². The number of nitrogens with two attached hydrogens (primary N) is 1. The average molecular weight is 295 g/mol. The average Bonchev–Trinajstić information content (AvgIpc) is 2.82. The van der Waals surface area contributed by atoms with Gasteiger partial charge in [0.2, 0.25) is 0 Å². The molecule has 0 bridgehead atoms. The van der Waals surface area contributed by atoms with Crippen molar-refractivity contribution in [3.8, 4) is 22.6 Å². The van der Waals surface area contributed by atoms with Gasteiger partial charge in [-0.25, -0.2) is 8.42 Å². The number of nitrogens with zero attached hydrogens (tertiary/aromatic N) is 1. The van der Waals surface area contributed by atoms with Crippen molar-refractivity contribution in [3.05, 3.63) is 18.3 Å². The molecule has 0 radical (unpaired) electrons. The lowest BCUT2D eigenvalue weighted by Crippen LogP contribution is -2.18. The summed E-state index contributed by atoms with van der Waals surface area (Å²) in [5, 5.41) is 6.40. The van der Waals surface area contributed by atoms with Gasteiger partial charge in [0, 0.05) is 17.4 Å². The molecule has 8 heteroatoms. The van der Waals surface area contributed by atoms with E-state index < -0.39 is 9.84 Å². The molecule has 3 N–H and O–H groups in total. The van der Waals surface area contributed by atoms with Crippen LogP contribution in [-0.4, -0.2) is 38.1 Å². The molecule has 0 aliphatic carbocycles. The lowest BCUT2D eigenvalue weighted by molar-refractivity contribution is 0.167. The molecule has 3 rings (SSSR count). The van der Waals surface area contributed by atoms with E-state index in [4.69, 9.17) is 15.2 Å². The Balaban J connectivity index is 2.34. The van der Waals surface area contributed by atoms with Crippen LogP contribution in [0.3, 0.4) is 0 Å². The first-order valence-electron chi connectivity index (χ1n) is 5.90. The van der Waals surface area contributed by atoms with Crippen molar-refractivity contribution in [1.29, 1.82) is 0 Å². The van der Waals surface area contributed by atoms with Gasteiger partial charge in [-0.2, -0.15) is 5.10 Å². The molecule has 0 amide bonds. The monoisotopic (exact) mass is 295 g/mol. The number of H-pyrrole nitrogens is 1. The van der Waals surface area contributed by atoms with Gasteiger partial charge in [-0.1, -0.05) is 0 Å². The summed E-state index contributed by atoms with van der Waals surface area (Å²) in [6.07, 6.45) is 2.61. The summed E-state index contributed by atoms with van der Waals surface area (Å²) >= 11 is 0. The Labute approximate surface area is 115 Å². The second-order valence-corrected chi connectivity index (χ2v) is 6.39. The first-order chi connectivity index (χ1) is 9.48. The van der Waals surface area contributed by atoms with Crippen LogP contribution in [0.5, 0.6) is 11.5 Å². The Morgan fingerprint density at radius 2 is 2.00 bits per heavy atom. The molecule has 0 saturated carbocycles. The van der Waals surface area contributed by atoms with Gasteiger partial charge in [0.1, 0.15) is 23.9 Å². The summed E-state index contributed by atoms with van der Waals surface area (Å²) in [7, 11) is -3.52. The minimum Gasteiger partial charge on any atom is -0.486 e. The predicted molar refractivity (Wildman–Crippen MR) is 72.5 cm³/mol. The molecule has 0 saturated heterocycles. The molecule has 106 valence electrons. The minimum absolute atomic E-state index is 0.0720. The smallest absolute Gasteiger partial charge is 0.180 e. The number of nitrogens with one attached hydrogen (secondary N) is 1. The second-order valence-electron chi connectivity index (χ2n) is 4.44. The van der Waals surface area contributed by atoms with Gasteiger partial charge in [-0.05, 0) is 12.1 Å². The Morgan fingerprint density at radius 3 is 2.65 bits per heavy atom. The Morgan fingerprint density at radius 1 is 1.25 bits per heavy atom. The fraction of sp³-hybridized carbons (Fsp3) is 0.250. The van der Waals surface area contributed by atoms with E-state index in [-0.39, 0.29) is 10.6 Å². The maximum absolute atomic E-state index is 12.1. The van der Waals surface area contributed by atoms with Crippen LogP contribution in [0.2, 0.25) is 0 Å². The van der Waals surface area contributed by atoms with Crippen molar-refractivity contribution in [1.82, 2.24) is 10.2 Å². The van der Waals surface area contributed by atoms with E-state index in [1.54, 1.807) is 12.1 Å². The summed E-state index contributed by atoms with van der Waals surface area (Å²) in [5.41, 5.74) is 6.74. The number of fused-ring (bicyclic) bond motifs is 1. The van der Waals surface area contributed by atoms with Gasteiger partial charge in [-0.15, -0.1) is 0 Å². The number of nitrogen functional groups attached to an aromatic ring is 1. The van der Waals surface area contributed by atoms with Gasteiger partial charge in [0.25, 0.3) is 0 Å². The topological polar surface area (TPSA) is 107 Å².